The zero-order valence-corrected chi connectivity index (χ0v) is 47.7. The summed E-state index contributed by atoms with van der Waals surface area (Å²) in [7, 11) is 3.00. The standard InChI is InChI=1S/C70H70N6O8/c1-81-59-31-19-29-55-65(59)73-47-57(69(79)71-39-15-17-41-75-43-35-53(36-44-75)63(49-21-7-3-8-22-49)50-23-9-4-10-24-50)67(55)83-61(77)33-34-62(78)84-68-56-30-20-32-60(82-2)66(56)74-48-58(68)70(80)72-40-16-18-42-76-45-37-54(38-46-76)64(51-25-11-5-12-26-51)52-27-13-6-14-28-52/h3-14,19-34,47-48H,15-18,35-46H2,1-2H3,(H,71,79)(H,72,80)/b34-33+. The summed E-state index contributed by atoms with van der Waals surface area (Å²) in [4.78, 5) is 69.2. The topological polar surface area (TPSA) is 162 Å². The van der Waals surface area contributed by atoms with E-state index in [2.05, 4.69) is 152 Å². The predicted molar refractivity (Wildman–Crippen MR) is 329 cm³/mol. The van der Waals surface area contributed by atoms with Crippen molar-refractivity contribution >= 4 is 56.7 Å². The summed E-state index contributed by atoms with van der Waals surface area (Å²) >= 11 is 0. The Morgan fingerprint density at radius 1 is 0.452 bits per heavy atom. The number of pyridine rings is 2. The smallest absolute Gasteiger partial charge is 0.336 e. The van der Waals surface area contributed by atoms with Gasteiger partial charge in [-0.1, -0.05) is 145 Å². The van der Waals surface area contributed by atoms with Crippen molar-refractivity contribution in [2.75, 3.05) is 66.6 Å². The van der Waals surface area contributed by atoms with Crippen LogP contribution in [0.25, 0.3) is 33.0 Å². The molecule has 8 aromatic rings. The number of amides is 2. The molecule has 0 unspecified atom stereocenters. The number of hydrogen-bond donors (Lipinski definition) is 2. The van der Waals surface area contributed by atoms with E-state index in [1.54, 1.807) is 36.4 Å². The van der Waals surface area contributed by atoms with E-state index in [1.807, 2.05) is 0 Å². The van der Waals surface area contributed by atoms with Gasteiger partial charge in [0.15, 0.2) is 11.5 Å². The van der Waals surface area contributed by atoms with Crippen LogP contribution in [-0.2, 0) is 9.59 Å². The number of fused-ring (bicyclic) bond motifs is 2. The van der Waals surface area contributed by atoms with E-state index in [9.17, 15) is 19.2 Å². The Morgan fingerprint density at radius 3 is 1.13 bits per heavy atom. The third-order valence-electron chi connectivity index (χ3n) is 15.6. The number of nitrogens with zero attached hydrogens (tertiary/aromatic N) is 4. The summed E-state index contributed by atoms with van der Waals surface area (Å²) in [5, 5.41) is 6.70. The molecule has 10 rings (SSSR count). The van der Waals surface area contributed by atoms with Gasteiger partial charge in [-0.05, 0) is 122 Å². The minimum atomic E-state index is -0.958. The fourth-order valence-corrected chi connectivity index (χ4v) is 11.3. The van der Waals surface area contributed by atoms with Crippen molar-refractivity contribution in [1.29, 1.82) is 0 Å². The van der Waals surface area contributed by atoms with E-state index in [0.717, 1.165) is 103 Å². The quantitative estimate of drug-likeness (QED) is 0.0376. The highest BCUT2D eigenvalue weighted by Crippen LogP contribution is 2.37. The molecular formula is C70H70N6O8. The highest BCUT2D eigenvalue weighted by molar-refractivity contribution is 6.07. The Hall–Kier alpha value is -9.24. The lowest BCUT2D eigenvalue weighted by molar-refractivity contribution is -0.131. The van der Waals surface area contributed by atoms with E-state index in [-0.39, 0.29) is 22.6 Å². The van der Waals surface area contributed by atoms with Gasteiger partial charge in [-0.3, -0.25) is 19.6 Å². The fraction of sp³-hybridized carbons (Fsp3) is 0.257. The molecule has 0 atom stereocenters. The molecule has 2 N–H and O–H groups in total. The van der Waals surface area contributed by atoms with Gasteiger partial charge in [0, 0.05) is 74.6 Å². The van der Waals surface area contributed by atoms with Crippen molar-refractivity contribution in [3.8, 4) is 23.0 Å². The Labute approximate surface area is 490 Å². The largest absolute Gasteiger partial charge is 0.494 e. The normalized spacial score (nSPS) is 13.8. The van der Waals surface area contributed by atoms with E-state index < -0.39 is 23.8 Å². The van der Waals surface area contributed by atoms with Gasteiger partial charge < -0.3 is 39.4 Å². The molecule has 2 saturated heterocycles. The number of unbranched alkanes of at least 4 members (excludes halogenated alkanes) is 2. The van der Waals surface area contributed by atoms with Crippen molar-refractivity contribution in [1.82, 2.24) is 30.4 Å². The maximum atomic E-state index is 13.9. The highest BCUT2D eigenvalue weighted by Gasteiger charge is 2.25. The van der Waals surface area contributed by atoms with Crippen LogP contribution in [0.15, 0.2) is 193 Å². The second-order valence-electron chi connectivity index (χ2n) is 20.9. The lowest BCUT2D eigenvalue weighted by Crippen LogP contribution is -2.32. The Balaban J connectivity index is 0.739. The summed E-state index contributed by atoms with van der Waals surface area (Å²) in [6.45, 7) is 6.41. The molecule has 0 spiro atoms. The van der Waals surface area contributed by atoms with Crippen LogP contribution in [0.3, 0.4) is 0 Å². The van der Waals surface area contributed by atoms with Gasteiger partial charge >= 0.3 is 11.9 Å². The molecule has 0 saturated carbocycles. The molecule has 0 bridgehead atoms. The molecule has 84 heavy (non-hydrogen) atoms. The van der Waals surface area contributed by atoms with Crippen molar-refractivity contribution < 1.29 is 38.1 Å². The molecule has 2 fully saturated rings. The summed E-state index contributed by atoms with van der Waals surface area (Å²) < 4.78 is 22.9. The van der Waals surface area contributed by atoms with Crippen LogP contribution in [0, 0.1) is 0 Å². The van der Waals surface area contributed by atoms with E-state index >= 15 is 0 Å². The predicted octanol–water partition coefficient (Wildman–Crippen LogP) is 12.1. The molecule has 0 radical (unpaired) electrons. The molecule has 2 aliphatic rings. The third kappa shape index (κ3) is 14.3. The minimum Gasteiger partial charge on any atom is -0.494 e. The van der Waals surface area contributed by atoms with Crippen LogP contribution in [0.5, 0.6) is 23.0 Å². The summed E-state index contributed by atoms with van der Waals surface area (Å²) in [5.41, 5.74) is 11.4. The van der Waals surface area contributed by atoms with E-state index in [4.69, 9.17) is 18.9 Å². The molecule has 2 aliphatic heterocycles. The third-order valence-corrected chi connectivity index (χ3v) is 15.6. The van der Waals surface area contributed by atoms with E-state index in [1.165, 1.54) is 71.2 Å². The average Bonchev–Trinajstić information content (AvgIpc) is 2.49. The first-order valence-corrected chi connectivity index (χ1v) is 29.0. The number of carbonyl (C=O) groups is 4. The van der Waals surface area contributed by atoms with Crippen LogP contribution in [0.1, 0.15) is 94.3 Å². The summed E-state index contributed by atoms with van der Waals surface area (Å²) in [6, 6.07) is 52.6. The van der Waals surface area contributed by atoms with Crippen molar-refractivity contribution in [3.63, 3.8) is 0 Å². The monoisotopic (exact) mass is 1120 g/mol. The maximum absolute atomic E-state index is 13.9. The lowest BCUT2D eigenvalue weighted by atomic mass is 9.88. The number of carbonyl (C=O) groups excluding carboxylic acids is 4. The Kier molecular flexibility index (Phi) is 19.8. The molecular weight excluding hydrogens is 1050 g/mol. The zero-order chi connectivity index (χ0) is 58.0. The average molecular weight is 1120 g/mol. The molecule has 4 heterocycles. The number of benzene rings is 6. The number of hydrogen-bond acceptors (Lipinski definition) is 12. The highest BCUT2D eigenvalue weighted by atomic mass is 16.5. The summed E-state index contributed by atoms with van der Waals surface area (Å²) in [6.07, 6.45) is 11.7. The number of para-hydroxylation sites is 2. The number of ether oxygens (including phenoxy) is 4. The Bertz CT molecular complexity index is 3360. The van der Waals surface area contributed by atoms with Gasteiger partial charge in [0.05, 0.1) is 14.2 Å². The fourth-order valence-electron chi connectivity index (χ4n) is 11.3. The number of aromatic nitrogens is 2. The first-order chi connectivity index (χ1) is 41.3. The first kappa shape index (κ1) is 58.0. The van der Waals surface area contributed by atoms with Crippen LogP contribution < -0.4 is 29.6 Å². The van der Waals surface area contributed by atoms with Gasteiger partial charge in [0.2, 0.25) is 0 Å². The number of piperidine rings is 2. The second-order valence-corrected chi connectivity index (χ2v) is 20.9. The molecule has 0 aliphatic carbocycles. The molecule has 14 heteroatoms. The van der Waals surface area contributed by atoms with Crippen LogP contribution in [-0.4, -0.2) is 110 Å². The van der Waals surface area contributed by atoms with Gasteiger partial charge in [-0.2, -0.15) is 0 Å². The number of esters is 2. The van der Waals surface area contributed by atoms with Crippen molar-refractivity contribution in [2.45, 2.75) is 51.4 Å². The van der Waals surface area contributed by atoms with Gasteiger partial charge in [-0.25, -0.2) is 9.59 Å². The molecule has 428 valence electrons. The van der Waals surface area contributed by atoms with Crippen LogP contribution >= 0.6 is 0 Å². The number of rotatable bonds is 22. The lowest BCUT2D eigenvalue weighted by Gasteiger charge is -2.30. The second kappa shape index (κ2) is 28.6. The van der Waals surface area contributed by atoms with E-state index in [0.29, 0.717) is 46.4 Å². The van der Waals surface area contributed by atoms with Crippen molar-refractivity contribution in [2.24, 2.45) is 0 Å². The molecule has 6 aromatic carbocycles. The number of likely N-dealkylation sites (tertiary alicyclic amines) is 2. The number of methoxy groups -OCH3 is 2. The van der Waals surface area contributed by atoms with Crippen LogP contribution in [0.2, 0.25) is 0 Å². The zero-order valence-electron chi connectivity index (χ0n) is 47.7. The molecule has 2 amide bonds. The van der Waals surface area contributed by atoms with Crippen molar-refractivity contribution in [3.05, 3.63) is 227 Å². The minimum absolute atomic E-state index is 0.0330. The van der Waals surface area contributed by atoms with Crippen LogP contribution in [0.4, 0.5) is 0 Å². The first-order valence-electron chi connectivity index (χ1n) is 29.0. The van der Waals surface area contributed by atoms with Gasteiger partial charge in [0.25, 0.3) is 11.8 Å². The Morgan fingerprint density at radius 2 is 0.798 bits per heavy atom. The SMILES string of the molecule is COc1cccc2c(OC(=O)/C=C/C(=O)Oc3c(C(=O)NCCCCN4CCC(=C(c5ccccc5)c5ccccc5)CC4)cnc4c(OC)cccc34)c(C(=O)NCCCCN3CCC(=C(c4ccccc4)c4ccccc4)CC3)cnc12. The van der Waals surface area contributed by atoms with Gasteiger partial charge in [0.1, 0.15) is 33.7 Å². The summed E-state index contributed by atoms with van der Waals surface area (Å²) in [5.74, 6) is -2.14. The maximum Gasteiger partial charge on any atom is 0.336 e. The molecule has 14 nitrogen and oxygen atoms in total. The molecule has 2 aromatic heterocycles. The van der Waals surface area contributed by atoms with Gasteiger partial charge in [-0.15, -0.1) is 0 Å². The number of nitrogens with one attached hydrogen (secondary N) is 2.